The number of hydrogen-bond donors (Lipinski definition) is 1. The number of alkyl halides is 1. The second kappa shape index (κ2) is 10.2. The number of rotatable bonds is 8. The number of likely N-dealkylation sites (tertiary alicyclic amines) is 1. The standard InChI is InChI=1S/C29H34F3N3O/c1-4-18(2)35-19(3)14-23-22-8-5-6-9-26(22)33-28(23)29(35)27-24(31)15-21(16-25(27)32)36-20-10-13-34(17-20)12-7-11-30/h5-6,8-9,15-16,19-20,29,33H,2,4,7,10-14,17H2,1,3H3/t19-,20+,29-/m1/s1. The molecule has 2 aliphatic rings. The molecule has 0 saturated carbocycles. The van der Waals surface area contributed by atoms with E-state index in [0.29, 0.717) is 25.9 Å². The molecule has 1 fully saturated rings. The van der Waals surface area contributed by atoms with Crippen molar-refractivity contribution in [1.82, 2.24) is 14.8 Å². The van der Waals surface area contributed by atoms with Crippen LogP contribution in [0.25, 0.3) is 10.9 Å². The van der Waals surface area contributed by atoms with Gasteiger partial charge >= 0.3 is 0 Å². The van der Waals surface area contributed by atoms with Crippen LogP contribution in [0.4, 0.5) is 13.2 Å². The van der Waals surface area contributed by atoms with E-state index in [2.05, 4.69) is 34.4 Å². The summed E-state index contributed by atoms with van der Waals surface area (Å²) in [7, 11) is 0. The molecule has 0 radical (unpaired) electrons. The van der Waals surface area contributed by atoms with Crippen molar-refractivity contribution in [3.8, 4) is 5.75 Å². The molecule has 3 atom stereocenters. The first kappa shape index (κ1) is 24.8. The number of hydrogen-bond acceptors (Lipinski definition) is 3. The molecular weight excluding hydrogens is 463 g/mol. The number of aromatic nitrogens is 1. The maximum atomic E-state index is 15.8. The number of H-pyrrole nitrogens is 1. The highest BCUT2D eigenvalue weighted by Gasteiger charge is 2.39. The van der Waals surface area contributed by atoms with Crippen molar-refractivity contribution >= 4 is 10.9 Å². The summed E-state index contributed by atoms with van der Waals surface area (Å²) in [6, 6.07) is 9.98. The first-order valence-electron chi connectivity index (χ1n) is 12.9. The third-order valence-electron chi connectivity index (χ3n) is 7.61. The zero-order valence-corrected chi connectivity index (χ0v) is 21.0. The Kier molecular flexibility index (Phi) is 7.02. The van der Waals surface area contributed by atoms with Gasteiger partial charge in [0.15, 0.2) is 0 Å². The van der Waals surface area contributed by atoms with Gasteiger partial charge in [-0.05, 0) is 44.2 Å². The van der Waals surface area contributed by atoms with E-state index >= 15 is 8.78 Å². The minimum Gasteiger partial charge on any atom is -0.489 e. The molecule has 1 aromatic heterocycles. The van der Waals surface area contributed by atoms with Gasteiger partial charge in [0.25, 0.3) is 0 Å². The quantitative estimate of drug-likeness (QED) is 0.385. The van der Waals surface area contributed by atoms with Crippen molar-refractivity contribution in [2.24, 2.45) is 0 Å². The van der Waals surface area contributed by atoms with Crippen LogP contribution in [0.5, 0.6) is 5.75 Å². The van der Waals surface area contributed by atoms with Crippen LogP contribution in [0, 0.1) is 11.6 Å². The molecule has 0 aliphatic carbocycles. The Hall–Kier alpha value is -2.93. The van der Waals surface area contributed by atoms with Crippen LogP contribution in [0.2, 0.25) is 0 Å². The molecule has 0 unspecified atom stereocenters. The Balaban J connectivity index is 1.50. The number of halogens is 3. The summed E-state index contributed by atoms with van der Waals surface area (Å²) in [5.41, 5.74) is 3.72. The first-order chi connectivity index (χ1) is 17.4. The van der Waals surface area contributed by atoms with Gasteiger partial charge in [0.05, 0.1) is 12.2 Å². The molecule has 0 bridgehead atoms. The molecule has 3 aromatic rings. The van der Waals surface area contributed by atoms with E-state index in [9.17, 15) is 4.39 Å². The second-order valence-electron chi connectivity index (χ2n) is 10.0. The molecule has 1 saturated heterocycles. The normalized spacial score (nSPS) is 22.2. The third kappa shape index (κ3) is 4.49. The Morgan fingerprint density at radius 3 is 2.67 bits per heavy atom. The molecule has 4 nitrogen and oxygen atoms in total. The highest BCUT2D eigenvalue weighted by molar-refractivity contribution is 5.85. The number of fused-ring (bicyclic) bond motifs is 3. The van der Waals surface area contributed by atoms with E-state index in [4.69, 9.17) is 4.74 Å². The van der Waals surface area contributed by atoms with E-state index in [1.54, 1.807) is 0 Å². The average Bonchev–Trinajstić information content (AvgIpc) is 3.46. The van der Waals surface area contributed by atoms with Crippen LogP contribution in [0.1, 0.15) is 56.0 Å². The Labute approximate surface area is 210 Å². The van der Waals surface area contributed by atoms with Gasteiger partial charge in [-0.1, -0.05) is 31.7 Å². The van der Waals surface area contributed by atoms with Gasteiger partial charge in [0.2, 0.25) is 0 Å². The Morgan fingerprint density at radius 2 is 1.94 bits per heavy atom. The van der Waals surface area contributed by atoms with Crippen LogP contribution in [0.15, 0.2) is 48.7 Å². The Morgan fingerprint density at radius 1 is 1.19 bits per heavy atom. The zero-order chi connectivity index (χ0) is 25.4. The molecule has 3 heterocycles. The SMILES string of the molecule is C=C(CC)N1[C@H](c2c(F)cc(O[C@H]3CCN(CCCF)C3)cc2F)c2[nH]c3ccccc3c2C[C@H]1C. The highest BCUT2D eigenvalue weighted by atomic mass is 19.1. The number of benzene rings is 2. The Bertz CT molecular complexity index is 1230. The van der Waals surface area contributed by atoms with Crippen LogP contribution in [0.3, 0.4) is 0 Å². The van der Waals surface area contributed by atoms with Crippen molar-refractivity contribution in [3.05, 3.63) is 77.1 Å². The van der Waals surface area contributed by atoms with Crippen LogP contribution < -0.4 is 4.74 Å². The number of para-hydroxylation sites is 1. The maximum absolute atomic E-state index is 15.8. The maximum Gasteiger partial charge on any atom is 0.135 e. The van der Waals surface area contributed by atoms with Crippen molar-refractivity contribution < 1.29 is 17.9 Å². The van der Waals surface area contributed by atoms with Crippen molar-refractivity contribution in [2.75, 3.05) is 26.3 Å². The van der Waals surface area contributed by atoms with E-state index < -0.39 is 17.7 Å². The van der Waals surface area contributed by atoms with E-state index in [-0.39, 0.29) is 30.1 Å². The highest BCUT2D eigenvalue weighted by Crippen LogP contribution is 2.44. The van der Waals surface area contributed by atoms with Gasteiger partial charge in [-0.3, -0.25) is 9.29 Å². The molecule has 0 spiro atoms. The smallest absolute Gasteiger partial charge is 0.135 e. The number of ether oxygens (including phenoxy) is 1. The fourth-order valence-electron chi connectivity index (χ4n) is 5.88. The molecule has 7 heteroatoms. The third-order valence-corrected chi connectivity index (χ3v) is 7.61. The summed E-state index contributed by atoms with van der Waals surface area (Å²) in [5, 5.41) is 1.09. The summed E-state index contributed by atoms with van der Waals surface area (Å²) < 4.78 is 50.0. The van der Waals surface area contributed by atoms with Crippen LogP contribution >= 0.6 is 0 Å². The topological polar surface area (TPSA) is 31.5 Å². The largest absolute Gasteiger partial charge is 0.489 e. The number of nitrogens with one attached hydrogen (secondary N) is 1. The molecular formula is C29H34F3N3O. The molecule has 0 amide bonds. The molecule has 1 N–H and O–H groups in total. The summed E-state index contributed by atoms with van der Waals surface area (Å²) in [6.45, 7) is 10.1. The van der Waals surface area contributed by atoms with E-state index in [1.807, 2.05) is 25.1 Å². The van der Waals surface area contributed by atoms with Crippen molar-refractivity contribution in [1.29, 1.82) is 0 Å². The van der Waals surface area contributed by atoms with Gasteiger partial charge in [-0.15, -0.1) is 0 Å². The predicted molar refractivity (Wildman–Crippen MR) is 137 cm³/mol. The zero-order valence-electron chi connectivity index (χ0n) is 21.0. The number of aromatic amines is 1. The summed E-state index contributed by atoms with van der Waals surface area (Å²) in [4.78, 5) is 7.64. The van der Waals surface area contributed by atoms with Gasteiger partial charge in [0.1, 0.15) is 29.5 Å². The van der Waals surface area contributed by atoms with Gasteiger partial charge in [0, 0.05) is 60.1 Å². The van der Waals surface area contributed by atoms with Crippen LogP contribution in [-0.2, 0) is 6.42 Å². The lowest BCUT2D eigenvalue weighted by molar-refractivity contribution is 0.185. The van der Waals surface area contributed by atoms with Crippen molar-refractivity contribution in [2.45, 2.75) is 57.7 Å². The van der Waals surface area contributed by atoms with Crippen molar-refractivity contribution in [3.63, 3.8) is 0 Å². The minimum atomic E-state index is -0.652. The van der Waals surface area contributed by atoms with E-state index in [1.165, 1.54) is 12.1 Å². The summed E-state index contributed by atoms with van der Waals surface area (Å²) in [5.74, 6) is -1.07. The van der Waals surface area contributed by atoms with Gasteiger partial charge in [-0.25, -0.2) is 8.78 Å². The predicted octanol–water partition coefficient (Wildman–Crippen LogP) is 6.52. The molecule has 192 valence electrons. The lowest BCUT2D eigenvalue weighted by atomic mass is 9.87. The minimum absolute atomic E-state index is 0.00676. The molecule has 5 rings (SSSR count). The summed E-state index contributed by atoms with van der Waals surface area (Å²) in [6.07, 6.45) is 2.52. The first-order valence-corrected chi connectivity index (χ1v) is 12.9. The molecule has 2 aromatic carbocycles. The monoisotopic (exact) mass is 497 g/mol. The lowest BCUT2D eigenvalue weighted by Crippen LogP contribution is -2.42. The number of allylic oxidation sites excluding steroid dienone is 1. The van der Waals surface area contributed by atoms with Gasteiger partial charge in [-0.2, -0.15) is 0 Å². The molecule has 36 heavy (non-hydrogen) atoms. The second-order valence-corrected chi connectivity index (χ2v) is 10.0. The fourth-order valence-corrected chi connectivity index (χ4v) is 5.88. The van der Waals surface area contributed by atoms with Gasteiger partial charge < -0.3 is 14.6 Å². The summed E-state index contributed by atoms with van der Waals surface area (Å²) >= 11 is 0. The van der Waals surface area contributed by atoms with E-state index in [0.717, 1.165) is 47.2 Å². The van der Waals surface area contributed by atoms with Crippen LogP contribution in [-0.4, -0.2) is 53.2 Å². The lowest BCUT2D eigenvalue weighted by Gasteiger charge is -2.43. The fraction of sp³-hybridized carbons (Fsp3) is 0.448. The average molecular weight is 498 g/mol. The number of nitrogens with zero attached hydrogens (tertiary/aromatic N) is 2. The molecule has 2 aliphatic heterocycles.